The Morgan fingerprint density at radius 1 is 1.47 bits per heavy atom. The number of aryl methyl sites for hydroxylation is 1. The van der Waals surface area contributed by atoms with Crippen molar-refractivity contribution in [2.75, 3.05) is 11.9 Å². The van der Waals surface area contributed by atoms with Gasteiger partial charge in [-0.05, 0) is 18.0 Å². The van der Waals surface area contributed by atoms with Crippen LogP contribution in [0.4, 0.5) is 11.5 Å². The zero-order valence-electron chi connectivity index (χ0n) is 9.84. The first-order chi connectivity index (χ1) is 9.16. The average Bonchev–Trinajstić information content (AvgIpc) is 2.87. The van der Waals surface area contributed by atoms with Crippen LogP contribution in [0, 0.1) is 10.1 Å². The van der Waals surface area contributed by atoms with Crippen LogP contribution in [0.25, 0.3) is 0 Å². The van der Waals surface area contributed by atoms with Gasteiger partial charge in [0.1, 0.15) is 12.0 Å². The molecule has 2 rings (SSSR count). The van der Waals surface area contributed by atoms with Crippen LogP contribution in [-0.4, -0.2) is 31.4 Å². The molecule has 2 heterocycles. The third-order valence-electron chi connectivity index (χ3n) is 2.37. The fourth-order valence-electron chi connectivity index (χ4n) is 1.51. The molecule has 2 aromatic rings. The minimum Gasteiger partial charge on any atom is -0.364 e. The van der Waals surface area contributed by atoms with Crippen LogP contribution in [0.5, 0.6) is 0 Å². The molecular formula is C10H11ClN6O2. The van der Waals surface area contributed by atoms with Crippen LogP contribution >= 0.6 is 11.6 Å². The SMILES string of the molecule is O=[N+]([O-])c1cnc(Cl)nc1NCCCc1ncc[nH]1. The predicted molar refractivity (Wildman–Crippen MR) is 69.1 cm³/mol. The third-order valence-corrected chi connectivity index (χ3v) is 2.56. The van der Waals surface area contributed by atoms with Crippen LogP contribution in [0.2, 0.25) is 5.28 Å². The molecule has 8 nitrogen and oxygen atoms in total. The van der Waals surface area contributed by atoms with E-state index in [0.29, 0.717) is 6.54 Å². The first-order valence-corrected chi connectivity index (χ1v) is 5.93. The Morgan fingerprint density at radius 3 is 3.00 bits per heavy atom. The Labute approximate surface area is 113 Å². The Morgan fingerprint density at radius 2 is 2.32 bits per heavy atom. The highest BCUT2D eigenvalue weighted by atomic mass is 35.5. The van der Waals surface area contributed by atoms with Gasteiger partial charge >= 0.3 is 5.69 Å². The number of anilines is 1. The molecule has 100 valence electrons. The van der Waals surface area contributed by atoms with E-state index in [0.717, 1.165) is 24.9 Å². The van der Waals surface area contributed by atoms with Crippen LogP contribution in [0.15, 0.2) is 18.6 Å². The van der Waals surface area contributed by atoms with Crippen LogP contribution in [-0.2, 0) is 6.42 Å². The molecule has 0 amide bonds. The van der Waals surface area contributed by atoms with Crippen molar-refractivity contribution >= 4 is 23.1 Å². The molecule has 0 spiro atoms. The fraction of sp³-hybridized carbons (Fsp3) is 0.300. The van der Waals surface area contributed by atoms with Gasteiger partial charge in [-0.3, -0.25) is 10.1 Å². The van der Waals surface area contributed by atoms with Crippen molar-refractivity contribution in [2.45, 2.75) is 12.8 Å². The van der Waals surface area contributed by atoms with Crippen molar-refractivity contribution in [2.24, 2.45) is 0 Å². The monoisotopic (exact) mass is 282 g/mol. The Hall–Kier alpha value is -2.22. The van der Waals surface area contributed by atoms with Gasteiger partial charge in [0, 0.05) is 25.4 Å². The number of H-pyrrole nitrogens is 1. The van der Waals surface area contributed by atoms with Crippen LogP contribution < -0.4 is 5.32 Å². The van der Waals surface area contributed by atoms with Crippen molar-refractivity contribution in [3.05, 3.63) is 39.8 Å². The van der Waals surface area contributed by atoms with E-state index >= 15 is 0 Å². The fourth-order valence-corrected chi connectivity index (χ4v) is 1.65. The summed E-state index contributed by atoms with van der Waals surface area (Å²) in [5.41, 5.74) is -0.192. The van der Waals surface area contributed by atoms with Crippen molar-refractivity contribution in [3.8, 4) is 0 Å². The van der Waals surface area contributed by atoms with E-state index in [-0.39, 0.29) is 16.8 Å². The lowest BCUT2D eigenvalue weighted by atomic mass is 10.3. The maximum absolute atomic E-state index is 10.8. The summed E-state index contributed by atoms with van der Waals surface area (Å²) in [4.78, 5) is 24.7. The molecule has 0 fully saturated rings. The number of hydrogen-bond acceptors (Lipinski definition) is 6. The van der Waals surface area contributed by atoms with Gasteiger partial charge in [0.05, 0.1) is 4.92 Å². The lowest BCUT2D eigenvalue weighted by molar-refractivity contribution is -0.384. The highest BCUT2D eigenvalue weighted by Crippen LogP contribution is 2.21. The summed E-state index contributed by atoms with van der Waals surface area (Å²) in [6, 6.07) is 0. The number of aromatic amines is 1. The quantitative estimate of drug-likeness (QED) is 0.362. The lowest BCUT2D eigenvalue weighted by Crippen LogP contribution is -2.08. The number of hydrogen-bond donors (Lipinski definition) is 2. The molecule has 0 aliphatic rings. The molecular weight excluding hydrogens is 272 g/mol. The second kappa shape index (κ2) is 6.10. The topological polar surface area (TPSA) is 110 Å². The van der Waals surface area contributed by atoms with Crippen molar-refractivity contribution in [3.63, 3.8) is 0 Å². The molecule has 0 unspecified atom stereocenters. The van der Waals surface area contributed by atoms with Crippen molar-refractivity contribution in [1.29, 1.82) is 0 Å². The zero-order chi connectivity index (χ0) is 13.7. The number of rotatable bonds is 6. The minimum atomic E-state index is -0.550. The average molecular weight is 283 g/mol. The molecule has 19 heavy (non-hydrogen) atoms. The van der Waals surface area contributed by atoms with Gasteiger partial charge in [-0.2, -0.15) is 4.98 Å². The lowest BCUT2D eigenvalue weighted by Gasteiger charge is -2.05. The first-order valence-electron chi connectivity index (χ1n) is 5.56. The summed E-state index contributed by atoms with van der Waals surface area (Å²) < 4.78 is 0. The molecule has 0 atom stereocenters. The van der Waals surface area contributed by atoms with Gasteiger partial charge in [-0.15, -0.1) is 0 Å². The number of nitrogens with zero attached hydrogens (tertiary/aromatic N) is 4. The zero-order valence-corrected chi connectivity index (χ0v) is 10.6. The van der Waals surface area contributed by atoms with E-state index < -0.39 is 4.92 Å². The highest BCUT2D eigenvalue weighted by molar-refractivity contribution is 6.28. The van der Waals surface area contributed by atoms with E-state index in [2.05, 4.69) is 25.3 Å². The van der Waals surface area contributed by atoms with Gasteiger partial charge in [0.25, 0.3) is 0 Å². The molecule has 0 bridgehead atoms. The highest BCUT2D eigenvalue weighted by Gasteiger charge is 2.16. The van der Waals surface area contributed by atoms with Crippen molar-refractivity contribution in [1.82, 2.24) is 19.9 Å². The third kappa shape index (κ3) is 3.62. The summed E-state index contributed by atoms with van der Waals surface area (Å²) in [6.07, 6.45) is 6.01. The van der Waals surface area contributed by atoms with E-state index in [4.69, 9.17) is 11.6 Å². The number of halogens is 1. The molecule has 0 aromatic carbocycles. The Bertz CT molecular complexity index is 559. The van der Waals surface area contributed by atoms with Gasteiger partial charge in [-0.25, -0.2) is 9.97 Å². The number of imidazole rings is 1. The van der Waals surface area contributed by atoms with Gasteiger partial charge in [0.2, 0.25) is 11.1 Å². The van der Waals surface area contributed by atoms with Gasteiger partial charge in [0.15, 0.2) is 0 Å². The summed E-state index contributed by atoms with van der Waals surface area (Å²) >= 11 is 5.62. The Balaban J connectivity index is 1.91. The largest absolute Gasteiger partial charge is 0.364 e. The molecule has 0 saturated carbocycles. The van der Waals surface area contributed by atoms with Gasteiger partial charge in [-0.1, -0.05) is 0 Å². The number of aromatic nitrogens is 4. The van der Waals surface area contributed by atoms with E-state index in [1.165, 1.54) is 0 Å². The maximum Gasteiger partial charge on any atom is 0.329 e. The normalized spacial score (nSPS) is 10.4. The number of nitro groups is 1. The summed E-state index contributed by atoms with van der Waals surface area (Å²) in [5.74, 6) is 1.00. The molecule has 2 N–H and O–H groups in total. The minimum absolute atomic E-state index is 0.0286. The molecule has 0 aliphatic carbocycles. The predicted octanol–water partition coefficient (Wildman–Crippen LogP) is 1.81. The molecule has 2 aromatic heterocycles. The van der Waals surface area contributed by atoms with Crippen molar-refractivity contribution < 1.29 is 4.92 Å². The van der Waals surface area contributed by atoms with E-state index in [9.17, 15) is 10.1 Å². The second-order valence-corrected chi connectivity index (χ2v) is 4.03. The first kappa shape index (κ1) is 13.2. The summed E-state index contributed by atoms with van der Waals surface area (Å²) in [7, 11) is 0. The molecule has 0 aliphatic heterocycles. The van der Waals surface area contributed by atoms with Gasteiger partial charge < -0.3 is 10.3 Å². The maximum atomic E-state index is 10.8. The molecule has 0 saturated heterocycles. The standard InChI is InChI=1S/C10H11ClN6O2/c11-10-15-6-7(17(18)19)9(16-10)14-3-1-2-8-12-4-5-13-8/h4-6H,1-3H2,(H,12,13)(H,14,15,16). The smallest absolute Gasteiger partial charge is 0.329 e. The van der Waals surface area contributed by atoms with E-state index in [1.54, 1.807) is 12.4 Å². The number of nitrogens with one attached hydrogen (secondary N) is 2. The van der Waals surface area contributed by atoms with Crippen LogP contribution in [0.3, 0.4) is 0 Å². The van der Waals surface area contributed by atoms with E-state index in [1.807, 2.05) is 0 Å². The summed E-state index contributed by atoms with van der Waals surface area (Å²) in [5, 5.41) is 13.6. The van der Waals surface area contributed by atoms with Crippen LogP contribution in [0.1, 0.15) is 12.2 Å². The summed E-state index contributed by atoms with van der Waals surface area (Å²) in [6.45, 7) is 0.523. The second-order valence-electron chi connectivity index (χ2n) is 3.70. The Kier molecular flexibility index (Phi) is 4.24. The molecule has 9 heteroatoms. The molecule has 0 radical (unpaired) electrons.